The largest absolute Gasteiger partial charge is 0.316 e. The molecule has 2 heteroatoms. The average molecular weight is 266 g/mol. The fourth-order valence-electron chi connectivity index (χ4n) is 4.15. The quantitative estimate of drug-likeness (QED) is 0.713. The van der Waals surface area contributed by atoms with Gasteiger partial charge in [-0.15, -0.1) is 0 Å². The van der Waals surface area contributed by atoms with E-state index in [0.29, 0.717) is 11.0 Å². The molecule has 2 fully saturated rings. The predicted octanol–water partition coefficient (Wildman–Crippen LogP) is 3.86. The molecule has 2 aliphatic carbocycles. The SMILES string of the molecule is CNC1(CCNCC2(C)CCCCC2)CCCCC1. The van der Waals surface area contributed by atoms with E-state index in [-0.39, 0.29) is 0 Å². The molecule has 0 bridgehead atoms. The average Bonchev–Trinajstić information content (AvgIpc) is 2.46. The molecule has 2 N–H and O–H groups in total. The summed E-state index contributed by atoms with van der Waals surface area (Å²) < 4.78 is 0. The van der Waals surface area contributed by atoms with Gasteiger partial charge in [0.25, 0.3) is 0 Å². The molecular weight excluding hydrogens is 232 g/mol. The Morgan fingerprint density at radius 2 is 1.42 bits per heavy atom. The van der Waals surface area contributed by atoms with Crippen molar-refractivity contribution in [3.63, 3.8) is 0 Å². The summed E-state index contributed by atoms with van der Waals surface area (Å²) in [5.41, 5.74) is 1.02. The maximum absolute atomic E-state index is 3.76. The summed E-state index contributed by atoms with van der Waals surface area (Å²) in [6.45, 7) is 4.90. The molecule has 2 rings (SSSR count). The molecule has 0 heterocycles. The van der Waals surface area contributed by atoms with Crippen LogP contribution in [0.3, 0.4) is 0 Å². The van der Waals surface area contributed by atoms with Crippen LogP contribution >= 0.6 is 0 Å². The summed E-state index contributed by atoms with van der Waals surface area (Å²) in [7, 11) is 2.16. The fraction of sp³-hybridized carbons (Fsp3) is 1.00. The normalized spacial score (nSPS) is 26.2. The van der Waals surface area contributed by atoms with Crippen molar-refractivity contribution in [2.45, 2.75) is 83.1 Å². The van der Waals surface area contributed by atoms with Crippen LogP contribution in [0.15, 0.2) is 0 Å². The van der Waals surface area contributed by atoms with Gasteiger partial charge in [-0.05, 0) is 51.1 Å². The molecule has 2 nitrogen and oxygen atoms in total. The summed E-state index contributed by atoms with van der Waals surface area (Å²) in [6.07, 6.45) is 15.5. The lowest BCUT2D eigenvalue weighted by Gasteiger charge is -2.38. The van der Waals surface area contributed by atoms with Gasteiger partial charge in [-0.2, -0.15) is 0 Å². The molecule has 0 unspecified atom stereocenters. The van der Waals surface area contributed by atoms with Gasteiger partial charge in [0.05, 0.1) is 0 Å². The maximum Gasteiger partial charge on any atom is 0.0190 e. The van der Waals surface area contributed by atoms with Crippen LogP contribution in [0.25, 0.3) is 0 Å². The van der Waals surface area contributed by atoms with Gasteiger partial charge >= 0.3 is 0 Å². The first-order valence-electron chi connectivity index (χ1n) is 8.58. The highest BCUT2D eigenvalue weighted by Gasteiger charge is 2.30. The van der Waals surface area contributed by atoms with Crippen LogP contribution in [-0.2, 0) is 0 Å². The zero-order valence-corrected chi connectivity index (χ0v) is 13.2. The number of nitrogens with one attached hydrogen (secondary N) is 2. The van der Waals surface area contributed by atoms with E-state index >= 15 is 0 Å². The minimum atomic E-state index is 0.443. The van der Waals surface area contributed by atoms with Crippen molar-refractivity contribution in [1.82, 2.24) is 10.6 Å². The zero-order chi connectivity index (χ0) is 13.6. The lowest BCUT2D eigenvalue weighted by molar-refractivity contribution is 0.194. The minimum absolute atomic E-state index is 0.443. The highest BCUT2D eigenvalue weighted by Crippen LogP contribution is 2.35. The summed E-state index contributed by atoms with van der Waals surface area (Å²) >= 11 is 0. The fourth-order valence-corrected chi connectivity index (χ4v) is 4.15. The van der Waals surface area contributed by atoms with E-state index in [4.69, 9.17) is 0 Å². The van der Waals surface area contributed by atoms with E-state index in [9.17, 15) is 0 Å². The number of hydrogen-bond acceptors (Lipinski definition) is 2. The second kappa shape index (κ2) is 7.08. The number of hydrogen-bond donors (Lipinski definition) is 2. The van der Waals surface area contributed by atoms with Crippen LogP contribution in [0.4, 0.5) is 0 Å². The van der Waals surface area contributed by atoms with Crippen LogP contribution < -0.4 is 10.6 Å². The maximum atomic E-state index is 3.76. The molecule has 0 aromatic rings. The smallest absolute Gasteiger partial charge is 0.0190 e. The van der Waals surface area contributed by atoms with Crippen molar-refractivity contribution in [3.05, 3.63) is 0 Å². The summed E-state index contributed by atoms with van der Waals surface area (Å²) in [5, 5.41) is 7.39. The van der Waals surface area contributed by atoms with Gasteiger partial charge < -0.3 is 10.6 Å². The van der Waals surface area contributed by atoms with Crippen molar-refractivity contribution < 1.29 is 0 Å². The second-order valence-corrected chi connectivity index (χ2v) is 7.39. The first-order valence-corrected chi connectivity index (χ1v) is 8.58. The molecule has 0 spiro atoms. The Morgan fingerprint density at radius 1 is 0.842 bits per heavy atom. The van der Waals surface area contributed by atoms with Gasteiger partial charge in [0.1, 0.15) is 0 Å². The minimum Gasteiger partial charge on any atom is -0.316 e. The zero-order valence-electron chi connectivity index (χ0n) is 13.2. The molecule has 2 aliphatic rings. The Bertz CT molecular complexity index is 250. The molecule has 0 amide bonds. The summed E-state index contributed by atoms with van der Waals surface area (Å²) in [5.74, 6) is 0. The van der Waals surface area contributed by atoms with Gasteiger partial charge in [0.2, 0.25) is 0 Å². The van der Waals surface area contributed by atoms with Crippen LogP contribution in [0.2, 0.25) is 0 Å². The summed E-state index contributed by atoms with van der Waals surface area (Å²) in [4.78, 5) is 0. The number of rotatable bonds is 6. The van der Waals surface area contributed by atoms with Gasteiger partial charge in [0.15, 0.2) is 0 Å². The molecule has 0 aromatic heterocycles. The van der Waals surface area contributed by atoms with Crippen molar-refractivity contribution in [2.75, 3.05) is 20.1 Å². The lowest BCUT2D eigenvalue weighted by Crippen LogP contribution is -2.47. The highest BCUT2D eigenvalue weighted by molar-refractivity contribution is 4.90. The van der Waals surface area contributed by atoms with Gasteiger partial charge in [-0.1, -0.05) is 45.4 Å². The monoisotopic (exact) mass is 266 g/mol. The molecule has 0 aromatic carbocycles. The Hall–Kier alpha value is -0.0800. The third kappa shape index (κ3) is 4.46. The second-order valence-electron chi connectivity index (χ2n) is 7.39. The Morgan fingerprint density at radius 3 is 2.00 bits per heavy atom. The molecular formula is C17H34N2. The predicted molar refractivity (Wildman–Crippen MR) is 83.6 cm³/mol. The molecule has 0 radical (unpaired) electrons. The van der Waals surface area contributed by atoms with E-state index < -0.39 is 0 Å². The highest BCUT2D eigenvalue weighted by atomic mass is 15.0. The van der Waals surface area contributed by atoms with Gasteiger partial charge in [-0.25, -0.2) is 0 Å². The van der Waals surface area contributed by atoms with Crippen LogP contribution in [0, 0.1) is 5.41 Å². The van der Waals surface area contributed by atoms with E-state index in [2.05, 4.69) is 24.6 Å². The van der Waals surface area contributed by atoms with Crippen LogP contribution in [-0.4, -0.2) is 25.7 Å². The lowest BCUT2D eigenvalue weighted by atomic mass is 9.75. The molecule has 0 saturated heterocycles. The third-order valence-corrected chi connectivity index (χ3v) is 5.73. The van der Waals surface area contributed by atoms with E-state index in [1.807, 2.05) is 0 Å². The van der Waals surface area contributed by atoms with E-state index in [1.54, 1.807) is 0 Å². The van der Waals surface area contributed by atoms with Gasteiger partial charge in [0, 0.05) is 12.1 Å². The van der Waals surface area contributed by atoms with Gasteiger partial charge in [-0.3, -0.25) is 0 Å². The Labute approximate surface area is 120 Å². The Balaban J connectivity index is 1.67. The third-order valence-electron chi connectivity index (χ3n) is 5.73. The Kier molecular flexibility index (Phi) is 5.70. The molecule has 19 heavy (non-hydrogen) atoms. The first kappa shape index (κ1) is 15.3. The molecule has 0 aliphatic heterocycles. The first-order chi connectivity index (χ1) is 9.18. The topological polar surface area (TPSA) is 24.1 Å². The van der Waals surface area contributed by atoms with Crippen molar-refractivity contribution in [2.24, 2.45) is 5.41 Å². The van der Waals surface area contributed by atoms with Crippen LogP contribution in [0.5, 0.6) is 0 Å². The molecule has 112 valence electrons. The van der Waals surface area contributed by atoms with E-state index in [0.717, 1.165) is 0 Å². The summed E-state index contributed by atoms with van der Waals surface area (Å²) in [6, 6.07) is 0. The van der Waals surface area contributed by atoms with Crippen molar-refractivity contribution in [1.29, 1.82) is 0 Å². The van der Waals surface area contributed by atoms with Crippen molar-refractivity contribution >= 4 is 0 Å². The van der Waals surface area contributed by atoms with E-state index in [1.165, 1.54) is 83.7 Å². The standard InChI is InChI=1S/C17H34N2/c1-16(9-5-3-6-10-16)15-19-14-13-17(18-2)11-7-4-8-12-17/h18-19H,3-15H2,1-2H3. The molecule has 0 atom stereocenters. The van der Waals surface area contributed by atoms with Crippen LogP contribution in [0.1, 0.15) is 77.6 Å². The molecule has 2 saturated carbocycles. The van der Waals surface area contributed by atoms with Crippen molar-refractivity contribution in [3.8, 4) is 0 Å².